The Bertz CT molecular complexity index is 1520. The van der Waals surface area contributed by atoms with Gasteiger partial charge in [-0.2, -0.15) is 0 Å². The molecule has 0 aromatic heterocycles. The van der Waals surface area contributed by atoms with Crippen LogP contribution < -0.4 is 19.3 Å². The zero-order chi connectivity index (χ0) is 29.3. The molecule has 41 heavy (non-hydrogen) atoms. The SMILES string of the molecule is CCCN(C1=CC(=O)C(OC)=CC12c1cc(C)ccc1N(CCC)c1cc(OC)c(OC)cc12)c1ccc(C)cc1. The fourth-order valence-electron chi connectivity index (χ4n) is 6.22. The summed E-state index contributed by atoms with van der Waals surface area (Å²) in [6, 6.07) is 19.3. The zero-order valence-corrected chi connectivity index (χ0v) is 25.2. The van der Waals surface area contributed by atoms with Gasteiger partial charge in [-0.3, -0.25) is 4.79 Å². The normalized spacial score (nSPS) is 17.4. The number of hydrogen-bond donors (Lipinski definition) is 0. The number of fused-ring (bicyclic) bond motifs is 4. The standard InChI is InChI=1S/C35H40N2O4/c1-8-16-36(25-13-10-23(3)11-14-25)34-21-30(38)33(41-7)22-35(34)26-18-24(4)12-15-28(26)37(17-9-2)29-20-32(40-6)31(39-5)19-27(29)35/h10-15,18-22H,8-9,16-17H2,1-7H3. The molecule has 3 aromatic carbocycles. The third-order valence-electron chi connectivity index (χ3n) is 8.10. The Morgan fingerprint density at radius 3 is 2.07 bits per heavy atom. The summed E-state index contributed by atoms with van der Waals surface area (Å²) in [6.07, 6.45) is 5.65. The molecule has 0 fully saturated rings. The van der Waals surface area contributed by atoms with Crippen molar-refractivity contribution in [3.05, 3.63) is 100 Å². The molecule has 0 saturated carbocycles. The van der Waals surface area contributed by atoms with E-state index < -0.39 is 5.41 Å². The second kappa shape index (κ2) is 11.4. The van der Waals surface area contributed by atoms with E-state index in [9.17, 15) is 4.79 Å². The predicted octanol–water partition coefficient (Wildman–Crippen LogP) is 7.38. The Kier molecular flexibility index (Phi) is 7.85. The lowest BCUT2D eigenvalue weighted by atomic mass is 9.65. The van der Waals surface area contributed by atoms with Gasteiger partial charge in [-0.15, -0.1) is 0 Å². The summed E-state index contributed by atoms with van der Waals surface area (Å²) in [5.74, 6) is 1.48. The second-order valence-corrected chi connectivity index (χ2v) is 10.8. The van der Waals surface area contributed by atoms with Crippen LogP contribution in [-0.4, -0.2) is 40.2 Å². The fourth-order valence-corrected chi connectivity index (χ4v) is 6.22. The summed E-state index contributed by atoms with van der Waals surface area (Å²) in [5.41, 5.74) is 7.67. The van der Waals surface area contributed by atoms with E-state index in [0.29, 0.717) is 17.3 Å². The van der Waals surface area contributed by atoms with Gasteiger partial charge in [0.15, 0.2) is 17.3 Å². The number of nitrogens with zero attached hydrogens (tertiary/aromatic N) is 2. The highest BCUT2D eigenvalue weighted by atomic mass is 16.5. The topological polar surface area (TPSA) is 51.2 Å². The van der Waals surface area contributed by atoms with Crippen molar-refractivity contribution in [2.45, 2.75) is 46.0 Å². The lowest BCUT2D eigenvalue weighted by Crippen LogP contribution is -2.46. The van der Waals surface area contributed by atoms with Crippen LogP contribution >= 0.6 is 0 Å². The molecule has 1 aliphatic carbocycles. The quantitative estimate of drug-likeness (QED) is 0.276. The van der Waals surface area contributed by atoms with Crippen molar-refractivity contribution in [1.29, 1.82) is 0 Å². The number of hydrogen-bond acceptors (Lipinski definition) is 6. The highest BCUT2D eigenvalue weighted by Gasteiger charge is 2.50. The molecule has 1 heterocycles. The molecule has 6 nitrogen and oxygen atoms in total. The van der Waals surface area contributed by atoms with E-state index in [0.717, 1.165) is 65.4 Å². The summed E-state index contributed by atoms with van der Waals surface area (Å²) in [7, 11) is 4.89. The van der Waals surface area contributed by atoms with Crippen LogP contribution in [0, 0.1) is 13.8 Å². The fraction of sp³-hybridized carbons (Fsp3) is 0.343. The summed E-state index contributed by atoms with van der Waals surface area (Å²) in [6.45, 7) is 10.1. The number of anilines is 3. The molecule has 1 aliphatic heterocycles. The first-order valence-corrected chi connectivity index (χ1v) is 14.4. The molecule has 0 bridgehead atoms. The number of allylic oxidation sites excluding steroid dienone is 2. The van der Waals surface area contributed by atoms with Gasteiger partial charge in [0.25, 0.3) is 0 Å². The van der Waals surface area contributed by atoms with Crippen molar-refractivity contribution in [2.24, 2.45) is 0 Å². The second-order valence-electron chi connectivity index (χ2n) is 10.8. The van der Waals surface area contributed by atoms with Gasteiger partial charge in [-0.1, -0.05) is 49.2 Å². The lowest BCUT2D eigenvalue weighted by Gasteiger charge is -2.49. The van der Waals surface area contributed by atoms with Crippen molar-refractivity contribution in [1.82, 2.24) is 0 Å². The molecule has 0 amide bonds. The molecule has 1 spiro atoms. The van der Waals surface area contributed by atoms with Gasteiger partial charge in [0.2, 0.25) is 5.78 Å². The Morgan fingerprint density at radius 2 is 1.44 bits per heavy atom. The first kappa shape index (κ1) is 28.3. The van der Waals surface area contributed by atoms with Gasteiger partial charge in [-0.25, -0.2) is 0 Å². The van der Waals surface area contributed by atoms with E-state index >= 15 is 0 Å². The van der Waals surface area contributed by atoms with Gasteiger partial charge in [-0.05, 0) is 62.6 Å². The molecule has 1 atom stereocenters. The van der Waals surface area contributed by atoms with Gasteiger partial charge in [0.05, 0.1) is 26.7 Å². The number of benzene rings is 3. The highest BCUT2D eigenvalue weighted by molar-refractivity contribution is 6.06. The van der Waals surface area contributed by atoms with Crippen LogP contribution in [0.1, 0.15) is 48.9 Å². The number of rotatable bonds is 9. The Hall–Kier alpha value is -4.19. The van der Waals surface area contributed by atoms with Gasteiger partial charge in [0, 0.05) is 53.6 Å². The smallest absolute Gasteiger partial charge is 0.221 e. The highest BCUT2D eigenvalue weighted by Crippen LogP contribution is 2.58. The molecule has 0 radical (unpaired) electrons. The summed E-state index contributed by atoms with van der Waals surface area (Å²) in [5, 5.41) is 0. The molecule has 2 aliphatic rings. The van der Waals surface area contributed by atoms with Gasteiger partial charge < -0.3 is 24.0 Å². The molecule has 3 aromatic rings. The number of ether oxygens (including phenoxy) is 3. The largest absolute Gasteiger partial charge is 0.493 e. The maximum Gasteiger partial charge on any atom is 0.221 e. The minimum atomic E-state index is -0.834. The lowest BCUT2D eigenvalue weighted by molar-refractivity contribution is -0.114. The molecule has 5 rings (SSSR count). The van der Waals surface area contributed by atoms with Gasteiger partial charge >= 0.3 is 0 Å². The maximum atomic E-state index is 13.6. The molecular formula is C35H40N2O4. The number of carbonyl (C=O) groups excluding carboxylic acids is 1. The number of carbonyl (C=O) groups is 1. The number of aryl methyl sites for hydroxylation is 2. The third kappa shape index (κ3) is 4.65. The van der Waals surface area contributed by atoms with E-state index in [2.05, 4.69) is 92.1 Å². The third-order valence-corrected chi connectivity index (χ3v) is 8.10. The van der Waals surface area contributed by atoms with Crippen molar-refractivity contribution < 1.29 is 19.0 Å². The number of methoxy groups -OCH3 is 3. The maximum absolute atomic E-state index is 13.6. The molecule has 6 heteroatoms. The average molecular weight is 553 g/mol. The first-order valence-electron chi connectivity index (χ1n) is 14.4. The van der Waals surface area contributed by atoms with Crippen LogP contribution in [0.15, 0.2) is 78.2 Å². The van der Waals surface area contributed by atoms with Crippen molar-refractivity contribution in [3.63, 3.8) is 0 Å². The summed E-state index contributed by atoms with van der Waals surface area (Å²) < 4.78 is 17.4. The Morgan fingerprint density at radius 1 is 0.780 bits per heavy atom. The van der Waals surface area contributed by atoms with Crippen LogP contribution in [-0.2, 0) is 14.9 Å². The van der Waals surface area contributed by atoms with Crippen molar-refractivity contribution >= 4 is 22.8 Å². The molecule has 214 valence electrons. The molecule has 0 N–H and O–H groups in total. The van der Waals surface area contributed by atoms with Crippen LogP contribution in [0.5, 0.6) is 11.5 Å². The minimum absolute atomic E-state index is 0.145. The van der Waals surface area contributed by atoms with E-state index in [1.54, 1.807) is 27.4 Å². The van der Waals surface area contributed by atoms with Gasteiger partial charge in [0.1, 0.15) is 0 Å². The Balaban J connectivity index is 1.93. The first-order chi connectivity index (χ1) is 19.8. The predicted molar refractivity (Wildman–Crippen MR) is 166 cm³/mol. The Labute approximate surface area is 243 Å². The van der Waals surface area contributed by atoms with Crippen LogP contribution in [0.4, 0.5) is 17.1 Å². The number of ketones is 1. The van der Waals surface area contributed by atoms with Crippen LogP contribution in [0.25, 0.3) is 0 Å². The monoisotopic (exact) mass is 552 g/mol. The van der Waals surface area contributed by atoms with E-state index in [1.165, 1.54) is 5.56 Å². The van der Waals surface area contributed by atoms with Crippen LogP contribution in [0.3, 0.4) is 0 Å². The summed E-state index contributed by atoms with van der Waals surface area (Å²) in [4.78, 5) is 18.2. The molecule has 1 unspecified atom stereocenters. The molecular weight excluding hydrogens is 512 g/mol. The van der Waals surface area contributed by atoms with Crippen molar-refractivity contribution in [3.8, 4) is 11.5 Å². The van der Waals surface area contributed by atoms with E-state index in [4.69, 9.17) is 14.2 Å². The van der Waals surface area contributed by atoms with E-state index in [-0.39, 0.29) is 5.78 Å². The summed E-state index contributed by atoms with van der Waals surface area (Å²) >= 11 is 0. The van der Waals surface area contributed by atoms with E-state index in [1.807, 2.05) is 6.08 Å². The van der Waals surface area contributed by atoms with Crippen LogP contribution in [0.2, 0.25) is 0 Å². The minimum Gasteiger partial charge on any atom is -0.493 e. The van der Waals surface area contributed by atoms with Crippen molar-refractivity contribution in [2.75, 3.05) is 44.2 Å². The zero-order valence-electron chi connectivity index (χ0n) is 25.2. The molecule has 0 saturated heterocycles. The average Bonchev–Trinajstić information content (AvgIpc) is 2.98.